The Morgan fingerprint density at radius 3 is 2.71 bits per heavy atom. The summed E-state index contributed by atoms with van der Waals surface area (Å²) in [5.41, 5.74) is 4.98. The Balaban J connectivity index is 1.91. The van der Waals surface area contributed by atoms with Crippen molar-refractivity contribution in [3.05, 3.63) is 63.7 Å². The highest BCUT2D eigenvalue weighted by atomic mass is 35.5. The third kappa shape index (κ3) is 3.07. The molecule has 1 aliphatic rings. The highest BCUT2D eigenvalue weighted by molar-refractivity contribution is 6.30. The Bertz CT molecular complexity index is 636. The average Bonchev–Trinajstić information content (AvgIpc) is 2.94. The molecule has 0 radical (unpaired) electrons. The molecule has 3 rings (SSSR count). The predicted molar refractivity (Wildman–Crippen MR) is 87.3 cm³/mol. The molecule has 0 aromatic heterocycles. The fraction of sp³-hybridized carbons (Fsp3) is 0.333. The van der Waals surface area contributed by atoms with Gasteiger partial charge in [-0.2, -0.15) is 0 Å². The van der Waals surface area contributed by atoms with Crippen LogP contribution in [-0.2, 0) is 12.8 Å². The normalized spacial score (nSPS) is 14.6. The van der Waals surface area contributed by atoms with Crippen LogP contribution in [0.5, 0.6) is 5.75 Å². The number of benzene rings is 2. The monoisotopic (exact) mass is 301 g/mol. The summed E-state index contributed by atoms with van der Waals surface area (Å²) in [6.45, 7) is 2.86. The lowest BCUT2D eigenvalue weighted by atomic mass is 9.96. The molecule has 2 nitrogen and oxygen atoms in total. The summed E-state index contributed by atoms with van der Waals surface area (Å²) in [5, 5.41) is 4.19. The largest absolute Gasteiger partial charge is 0.493 e. The third-order valence-electron chi connectivity index (χ3n) is 4.06. The molecule has 21 heavy (non-hydrogen) atoms. The predicted octanol–water partition coefficient (Wildman–Crippen LogP) is 4.09. The standard InChI is InChI=1S/C18H20ClNO/c1-12-3-5-13(6-4-12)9-17(20-2)16-11-15(19)10-14-7-8-21-18(14)16/h3-6,10-11,17,20H,7-9H2,1-2H3. The number of likely N-dealkylation sites (N-methyl/N-ethyl adjacent to an activating group) is 1. The van der Waals surface area contributed by atoms with Gasteiger partial charge in [0.2, 0.25) is 0 Å². The Morgan fingerprint density at radius 2 is 2.00 bits per heavy atom. The second-order valence-corrected chi connectivity index (χ2v) is 6.05. The van der Waals surface area contributed by atoms with Crippen molar-refractivity contribution in [2.24, 2.45) is 0 Å². The molecule has 0 aliphatic carbocycles. The first-order chi connectivity index (χ1) is 10.2. The number of aryl methyl sites for hydroxylation is 1. The molecular formula is C18H20ClNO. The number of ether oxygens (including phenoxy) is 1. The van der Waals surface area contributed by atoms with Gasteiger partial charge >= 0.3 is 0 Å². The molecule has 1 atom stereocenters. The van der Waals surface area contributed by atoms with Crippen LogP contribution >= 0.6 is 11.6 Å². The molecule has 2 aromatic rings. The van der Waals surface area contributed by atoms with Crippen LogP contribution in [0.3, 0.4) is 0 Å². The molecule has 0 fully saturated rings. The first-order valence-corrected chi connectivity index (χ1v) is 7.73. The molecule has 110 valence electrons. The van der Waals surface area contributed by atoms with Gasteiger partial charge in [0, 0.05) is 23.0 Å². The van der Waals surface area contributed by atoms with Crippen LogP contribution in [-0.4, -0.2) is 13.7 Å². The van der Waals surface area contributed by atoms with Crippen molar-refractivity contribution in [3.8, 4) is 5.75 Å². The molecule has 0 spiro atoms. The van der Waals surface area contributed by atoms with Gasteiger partial charge in [-0.05, 0) is 43.7 Å². The van der Waals surface area contributed by atoms with Crippen LogP contribution in [0.1, 0.15) is 28.3 Å². The summed E-state index contributed by atoms with van der Waals surface area (Å²) in [7, 11) is 1.99. The van der Waals surface area contributed by atoms with Crippen molar-refractivity contribution in [2.45, 2.75) is 25.8 Å². The van der Waals surface area contributed by atoms with Crippen LogP contribution in [0, 0.1) is 6.92 Å². The highest BCUT2D eigenvalue weighted by Gasteiger charge is 2.22. The lowest BCUT2D eigenvalue weighted by Crippen LogP contribution is -2.19. The van der Waals surface area contributed by atoms with E-state index in [0.717, 1.165) is 35.8 Å². The van der Waals surface area contributed by atoms with Gasteiger partial charge < -0.3 is 10.1 Å². The first-order valence-electron chi connectivity index (χ1n) is 7.35. The number of hydrogen-bond donors (Lipinski definition) is 1. The zero-order chi connectivity index (χ0) is 14.8. The van der Waals surface area contributed by atoms with Crippen LogP contribution in [0.25, 0.3) is 0 Å². The smallest absolute Gasteiger partial charge is 0.127 e. The quantitative estimate of drug-likeness (QED) is 0.918. The molecule has 0 saturated heterocycles. The summed E-state index contributed by atoms with van der Waals surface area (Å²) < 4.78 is 5.83. The second kappa shape index (κ2) is 6.08. The van der Waals surface area contributed by atoms with Gasteiger partial charge in [0.25, 0.3) is 0 Å². The topological polar surface area (TPSA) is 21.3 Å². The maximum Gasteiger partial charge on any atom is 0.127 e. The van der Waals surface area contributed by atoms with E-state index in [1.54, 1.807) is 0 Å². The molecule has 1 unspecified atom stereocenters. The average molecular weight is 302 g/mol. The molecule has 0 amide bonds. The van der Waals surface area contributed by atoms with Gasteiger partial charge in [0.1, 0.15) is 5.75 Å². The molecule has 0 bridgehead atoms. The van der Waals surface area contributed by atoms with E-state index in [2.05, 4.69) is 36.5 Å². The van der Waals surface area contributed by atoms with E-state index in [4.69, 9.17) is 16.3 Å². The highest BCUT2D eigenvalue weighted by Crippen LogP contribution is 2.37. The fourth-order valence-corrected chi connectivity index (χ4v) is 3.13. The third-order valence-corrected chi connectivity index (χ3v) is 4.28. The van der Waals surface area contributed by atoms with Crippen molar-refractivity contribution in [1.29, 1.82) is 0 Å². The van der Waals surface area contributed by atoms with E-state index in [1.165, 1.54) is 16.7 Å². The Hall–Kier alpha value is -1.51. The second-order valence-electron chi connectivity index (χ2n) is 5.61. The Morgan fingerprint density at radius 1 is 1.24 bits per heavy atom. The van der Waals surface area contributed by atoms with E-state index < -0.39 is 0 Å². The molecule has 0 saturated carbocycles. The maximum atomic E-state index is 6.27. The minimum Gasteiger partial charge on any atom is -0.493 e. The van der Waals surface area contributed by atoms with Crippen LogP contribution in [0.4, 0.5) is 0 Å². The van der Waals surface area contributed by atoms with Crippen molar-refractivity contribution in [1.82, 2.24) is 5.32 Å². The van der Waals surface area contributed by atoms with E-state index >= 15 is 0 Å². The maximum absolute atomic E-state index is 6.27. The van der Waals surface area contributed by atoms with E-state index in [0.29, 0.717) is 0 Å². The van der Waals surface area contributed by atoms with Gasteiger partial charge in [0.15, 0.2) is 0 Å². The van der Waals surface area contributed by atoms with Crippen molar-refractivity contribution >= 4 is 11.6 Å². The zero-order valence-electron chi connectivity index (χ0n) is 12.4. The number of rotatable bonds is 4. The zero-order valence-corrected chi connectivity index (χ0v) is 13.2. The lowest BCUT2D eigenvalue weighted by molar-refractivity contribution is 0.349. The van der Waals surface area contributed by atoms with Gasteiger partial charge in [-0.3, -0.25) is 0 Å². The van der Waals surface area contributed by atoms with Gasteiger partial charge in [-0.15, -0.1) is 0 Å². The Kier molecular flexibility index (Phi) is 4.18. The molecule has 2 aromatic carbocycles. The van der Waals surface area contributed by atoms with Crippen molar-refractivity contribution < 1.29 is 4.74 Å². The number of nitrogens with one attached hydrogen (secondary N) is 1. The number of hydrogen-bond acceptors (Lipinski definition) is 2. The SMILES string of the molecule is CNC(Cc1ccc(C)cc1)c1cc(Cl)cc2c1OCC2. The van der Waals surface area contributed by atoms with Crippen LogP contribution in [0.2, 0.25) is 5.02 Å². The van der Waals surface area contributed by atoms with E-state index in [1.807, 2.05) is 19.2 Å². The minimum atomic E-state index is 0.207. The van der Waals surface area contributed by atoms with Crippen molar-refractivity contribution in [2.75, 3.05) is 13.7 Å². The summed E-state index contributed by atoms with van der Waals surface area (Å²) in [4.78, 5) is 0. The van der Waals surface area contributed by atoms with Crippen molar-refractivity contribution in [3.63, 3.8) is 0 Å². The van der Waals surface area contributed by atoms with Crippen LogP contribution in [0.15, 0.2) is 36.4 Å². The Labute approximate surface area is 131 Å². The van der Waals surface area contributed by atoms with E-state index in [9.17, 15) is 0 Å². The first kappa shape index (κ1) is 14.4. The van der Waals surface area contributed by atoms with Gasteiger partial charge in [-0.25, -0.2) is 0 Å². The molecule has 1 heterocycles. The van der Waals surface area contributed by atoms with E-state index in [-0.39, 0.29) is 6.04 Å². The van der Waals surface area contributed by atoms with Crippen LogP contribution < -0.4 is 10.1 Å². The number of halogens is 1. The minimum absolute atomic E-state index is 0.207. The molecule has 1 aliphatic heterocycles. The molecule has 3 heteroatoms. The van der Waals surface area contributed by atoms with Gasteiger partial charge in [0.05, 0.1) is 6.61 Å². The molecule has 1 N–H and O–H groups in total. The summed E-state index contributed by atoms with van der Waals surface area (Å²) in [6, 6.07) is 12.9. The summed E-state index contributed by atoms with van der Waals surface area (Å²) in [6.07, 6.45) is 1.87. The molecular weight excluding hydrogens is 282 g/mol. The summed E-state index contributed by atoms with van der Waals surface area (Å²) >= 11 is 6.27. The van der Waals surface area contributed by atoms with Gasteiger partial charge in [-0.1, -0.05) is 41.4 Å². The number of fused-ring (bicyclic) bond motifs is 1. The fourth-order valence-electron chi connectivity index (χ4n) is 2.88. The lowest BCUT2D eigenvalue weighted by Gasteiger charge is -2.20. The summed E-state index contributed by atoms with van der Waals surface area (Å²) in [5.74, 6) is 1.02.